The molecule has 208 valence electrons. The van der Waals surface area contributed by atoms with Crippen LogP contribution >= 0.6 is 23.2 Å². The molecule has 1 atom stereocenters. The van der Waals surface area contributed by atoms with E-state index >= 15 is 0 Å². The summed E-state index contributed by atoms with van der Waals surface area (Å²) in [7, 11) is -3.55. The molecule has 2 aromatic rings. The van der Waals surface area contributed by atoms with Crippen LogP contribution in [0.5, 0.6) is 0 Å². The zero-order valence-corrected chi connectivity index (χ0v) is 24.6. The van der Waals surface area contributed by atoms with E-state index in [9.17, 15) is 18.0 Å². The summed E-state index contributed by atoms with van der Waals surface area (Å²) in [6.45, 7) is 3.84. The van der Waals surface area contributed by atoms with Gasteiger partial charge in [-0.3, -0.25) is 13.9 Å². The molecule has 0 spiro atoms. The minimum atomic E-state index is -3.55. The summed E-state index contributed by atoms with van der Waals surface area (Å²) in [5, 5.41) is 3.93. The Morgan fingerprint density at radius 1 is 1.03 bits per heavy atom. The van der Waals surface area contributed by atoms with Gasteiger partial charge in [0.2, 0.25) is 21.8 Å². The molecule has 0 radical (unpaired) electrons. The quantitative estimate of drug-likeness (QED) is 0.368. The van der Waals surface area contributed by atoms with Gasteiger partial charge in [-0.1, -0.05) is 66.2 Å². The van der Waals surface area contributed by atoms with E-state index in [1.165, 1.54) is 15.6 Å². The van der Waals surface area contributed by atoms with E-state index in [4.69, 9.17) is 23.2 Å². The molecule has 10 heteroatoms. The number of carbonyl (C=O) groups is 2. The maximum absolute atomic E-state index is 13.5. The van der Waals surface area contributed by atoms with Crippen LogP contribution in [0.15, 0.2) is 42.5 Å². The van der Waals surface area contributed by atoms with Gasteiger partial charge in [0.1, 0.15) is 6.04 Å². The number of hydrogen-bond acceptors (Lipinski definition) is 4. The van der Waals surface area contributed by atoms with Gasteiger partial charge in [-0.25, -0.2) is 8.42 Å². The van der Waals surface area contributed by atoms with Gasteiger partial charge in [-0.2, -0.15) is 0 Å². The Morgan fingerprint density at radius 2 is 1.63 bits per heavy atom. The molecule has 0 aliphatic heterocycles. The zero-order chi connectivity index (χ0) is 27.9. The first-order chi connectivity index (χ1) is 18.0. The minimum absolute atomic E-state index is 0.0565. The zero-order valence-electron chi connectivity index (χ0n) is 22.3. The molecule has 7 nitrogen and oxygen atoms in total. The molecule has 1 saturated carbocycles. The predicted octanol–water partition coefficient (Wildman–Crippen LogP) is 5.71. The Kier molecular flexibility index (Phi) is 10.9. The van der Waals surface area contributed by atoms with Crippen LogP contribution in [0.3, 0.4) is 0 Å². The van der Waals surface area contributed by atoms with E-state index in [0.717, 1.165) is 37.5 Å². The second kappa shape index (κ2) is 13.7. The number of carbonyl (C=O) groups excluding carboxylic acids is 2. The minimum Gasteiger partial charge on any atom is -0.352 e. The first kappa shape index (κ1) is 30.3. The maximum Gasteiger partial charge on any atom is 0.242 e. The van der Waals surface area contributed by atoms with Crippen molar-refractivity contribution in [1.29, 1.82) is 0 Å². The normalized spacial score (nSPS) is 15.1. The van der Waals surface area contributed by atoms with Crippen LogP contribution in [0.4, 0.5) is 5.69 Å². The number of aryl methyl sites for hydroxylation is 1. The average molecular weight is 583 g/mol. The summed E-state index contributed by atoms with van der Waals surface area (Å²) >= 11 is 12.8. The van der Waals surface area contributed by atoms with Crippen LogP contribution in [0.1, 0.15) is 63.0 Å². The molecule has 2 aromatic carbocycles. The van der Waals surface area contributed by atoms with E-state index in [1.54, 1.807) is 37.3 Å². The topological polar surface area (TPSA) is 86.8 Å². The highest BCUT2D eigenvalue weighted by Crippen LogP contribution is 2.27. The smallest absolute Gasteiger partial charge is 0.242 e. The van der Waals surface area contributed by atoms with Crippen molar-refractivity contribution in [3.8, 4) is 0 Å². The molecule has 1 aliphatic carbocycles. The molecule has 0 bridgehead atoms. The largest absolute Gasteiger partial charge is 0.352 e. The lowest BCUT2D eigenvalue weighted by molar-refractivity contribution is -0.141. The number of sulfonamides is 1. The van der Waals surface area contributed by atoms with Crippen LogP contribution < -0.4 is 9.62 Å². The second-order valence-corrected chi connectivity index (χ2v) is 12.7. The van der Waals surface area contributed by atoms with Crippen molar-refractivity contribution < 1.29 is 18.0 Å². The summed E-state index contributed by atoms with van der Waals surface area (Å²) in [5.74, 6) is -0.490. The van der Waals surface area contributed by atoms with Crippen molar-refractivity contribution >= 4 is 50.7 Å². The molecule has 0 saturated heterocycles. The molecule has 0 aromatic heterocycles. The molecule has 1 unspecified atom stereocenters. The highest BCUT2D eigenvalue weighted by Gasteiger charge is 2.29. The highest BCUT2D eigenvalue weighted by molar-refractivity contribution is 7.92. The highest BCUT2D eigenvalue weighted by atomic mass is 35.5. The fraction of sp³-hybridized carbons (Fsp3) is 0.500. The van der Waals surface area contributed by atoms with Crippen LogP contribution in [-0.4, -0.2) is 50.0 Å². The average Bonchev–Trinajstić information content (AvgIpc) is 2.86. The van der Waals surface area contributed by atoms with E-state index in [0.29, 0.717) is 21.3 Å². The number of nitrogens with zero attached hydrogens (tertiary/aromatic N) is 2. The lowest BCUT2D eigenvalue weighted by Gasteiger charge is -2.32. The first-order valence-electron chi connectivity index (χ1n) is 13.0. The van der Waals surface area contributed by atoms with Crippen LogP contribution in [0, 0.1) is 6.92 Å². The predicted molar refractivity (Wildman–Crippen MR) is 154 cm³/mol. The number of nitrogens with one attached hydrogen (secondary N) is 1. The van der Waals surface area contributed by atoms with Crippen LogP contribution in [-0.2, 0) is 26.2 Å². The molecule has 1 N–H and O–H groups in total. The standard InChI is InChI=1S/C28H37Cl2N3O4S/c1-20-14-16-23(17-15-20)33(38(3,36)37)18-8-13-27(34)32(19-24-25(29)11-7-12-26(24)30)21(2)28(35)31-22-9-5-4-6-10-22/h7,11-12,14-17,21-22H,4-6,8-10,13,18-19H2,1-3H3,(H,31,35). The SMILES string of the molecule is Cc1ccc(N(CCCC(=O)N(Cc2c(Cl)cccc2Cl)C(C)C(=O)NC2CCCCC2)S(C)(=O)=O)cc1. The summed E-state index contributed by atoms with van der Waals surface area (Å²) < 4.78 is 26.3. The summed E-state index contributed by atoms with van der Waals surface area (Å²) in [6.07, 6.45) is 6.68. The second-order valence-electron chi connectivity index (χ2n) is 10.0. The van der Waals surface area contributed by atoms with Crippen molar-refractivity contribution in [3.05, 3.63) is 63.6 Å². The van der Waals surface area contributed by atoms with Crippen molar-refractivity contribution in [1.82, 2.24) is 10.2 Å². The van der Waals surface area contributed by atoms with Crippen molar-refractivity contribution in [2.24, 2.45) is 0 Å². The van der Waals surface area contributed by atoms with Gasteiger partial charge in [0.25, 0.3) is 0 Å². The third kappa shape index (κ3) is 8.35. The summed E-state index contributed by atoms with van der Waals surface area (Å²) in [5.41, 5.74) is 2.14. The lowest BCUT2D eigenvalue weighted by atomic mass is 9.95. The third-order valence-corrected chi connectivity index (χ3v) is 8.89. The number of rotatable bonds is 11. The Morgan fingerprint density at radius 3 is 2.21 bits per heavy atom. The number of halogens is 2. The van der Waals surface area contributed by atoms with Crippen molar-refractivity contribution in [2.75, 3.05) is 17.1 Å². The number of anilines is 1. The number of benzene rings is 2. The molecule has 0 heterocycles. The van der Waals surface area contributed by atoms with Gasteiger partial charge in [-0.15, -0.1) is 0 Å². The fourth-order valence-electron chi connectivity index (χ4n) is 4.72. The Balaban J connectivity index is 1.75. The maximum atomic E-state index is 13.5. The Labute approximate surface area is 236 Å². The van der Waals surface area contributed by atoms with Gasteiger partial charge >= 0.3 is 0 Å². The summed E-state index contributed by atoms with van der Waals surface area (Å²) in [6, 6.07) is 11.7. The molecule has 1 aliphatic rings. The van der Waals surface area contributed by atoms with Gasteiger partial charge in [0.05, 0.1) is 11.9 Å². The first-order valence-corrected chi connectivity index (χ1v) is 15.6. The van der Waals surface area contributed by atoms with E-state index in [1.807, 2.05) is 19.1 Å². The molecule has 1 fully saturated rings. The monoisotopic (exact) mass is 581 g/mol. The Bertz CT molecular complexity index is 1190. The molecule has 38 heavy (non-hydrogen) atoms. The lowest BCUT2D eigenvalue weighted by Crippen LogP contribution is -2.50. The van der Waals surface area contributed by atoms with Gasteiger partial charge in [0, 0.05) is 41.2 Å². The van der Waals surface area contributed by atoms with Crippen LogP contribution in [0.2, 0.25) is 10.0 Å². The fourth-order valence-corrected chi connectivity index (χ4v) is 6.20. The molecule has 3 rings (SSSR count). The van der Waals surface area contributed by atoms with Crippen LogP contribution in [0.25, 0.3) is 0 Å². The van der Waals surface area contributed by atoms with Gasteiger partial charge in [-0.05, 0) is 57.4 Å². The van der Waals surface area contributed by atoms with E-state index in [-0.39, 0.29) is 43.8 Å². The van der Waals surface area contributed by atoms with Gasteiger partial charge < -0.3 is 10.2 Å². The number of hydrogen-bond donors (Lipinski definition) is 1. The summed E-state index contributed by atoms with van der Waals surface area (Å²) in [4.78, 5) is 28.2. The van der Waals surface area contributed by atoms with Crippen molar-refractivity contribution in [3.63, 3.8) is 0 Å². The van der Waals surface area contributed by atoms with Gasteiger partial charge in [0.15, 0.2) is 0 Å². The molecule has 2 amide bonds. The third-order valence-electron chi connectivity index (χ3n) is 6.98. The molecular formula is C28H37Cl2N3O4S. The van der Waals surface area contributed by atoms with E-state index in [2.05, 4.69) is 5.32 Å². The Hall–Kier alpha value is -2.29. The number of amides is 2. The molecular weight excluding hydrogens is 545 g/mol. The van der Waals surface area contributed by atoms with Crippen molar-refractivity contribution in [2.45, 2.75) is 77.4 Å². The van der Waals surface area contributed by atoms with E-state index < -0.39 is 16.1 Å².